The number of methoxy groups -OCH3 is 1. The molecule has 1 aromatic carbocycles. The smallest absolute Gasteiger partial charge is 0.333 e. The molecule has 2 rings (SSSR count). The maximum atomic E-state index is 12.4. The van der Waals surface area contributed by atoms with Crippen LogP contribution in [0.4, 0.5) is 8.78 Å². The average molecular weight is 340 g/mol. The molecule has 132 valence electrons. The summed E-state index contributed by atoms with van der Waals surface area (Å²) in [6.45, 7) is 0.649. The third-order valence-corrected chi connectivity index (χ3v) is 4.21. The van der Waals surface area contributed by atoms with Crippen LogP contribution in [-0.4, -0.2) is 49.9 Å². The van der Waals surface area contributed by atoms with Crippen LogP contribution in [0.3, 0.4) is 0 Å². The number of piperidine rings is 1. The van der Waals surface area contributed by atoms with Crippen LogP contribution in [0.25, 0.3) is 0 Å². The van der Waals surface area contributed by atoms with Crippen LogP contribution in [0, 0.1) is 5.92 Å². The zero-order chi connectivity index (χ0) is 17.5. The number of benzene rings is 1. The van der Waals surface area contributed by atoms with E-state index in [9.17, 15) is 18.4 Å². The van der Waals surface area contributed by atoms with Crippen LogP contribution in [0.15, 0.2) is 30.3 Å². The molecule has 1 heterocycles. The maximum absolute atomic E-state index is 12.4. The van der Waals surface area contributed by atoms with Gasteiger partial charge in [-0.1, -0.05) is 30.3 Å². The summed E-state index contributed by atoms with van der Waals surface area (Å²) in [7, 11) is 1.27. The van der Waals surface area contributed by atoms with Crippen molar-refractivity contribution in [2.24, 2.45) is 5.92 Å². The van der Waals surface area contributed by atoms with Gasteiger partial charge in [-0.05, 0) is 31.5 Å². The third kappa shape index (κ3) is 4.99. The van der Waals surface area contributed by atoms with E-state index >= 15 is 0 Å². The SMILES string of the molecule is COC(=O)C(NC(=O)C1CCN(CC(F)F)CC1)c1ccccc1. The van der Waals surface area contributed by atoms with Gasteiger partial charge in [-0.15, -0.1) is 0 Å². The Morgan fingerprint density at radius 1 is 1.25 bits per heavy atom. The molecule has 1 aliphatic rings. The predicted molar refractivity (Wildman–Crippen MR) is 84.5 cm³/mol. The second-order valence-electron chi connectivity index (χ2n) is 5.84. The van der Waals surface area contributed by atoms with E-state index in [2.05, 4.69) is 5.32 Å². The molecule has 0 saturated carbocycles. The number of hydrogen-bond donors (Lipinski definition) is 1. The Labute approximate surface area is 140 Å². The standard InChI is InChI=1S/C17H22F2N2O3/c1-24-17(23)15(12-5-3-2-4-6-12)20-16(22)13-7-9-21(10-8-13)11-14(18)19/h2-6,13-15H,7-11H2,1H3,(H,20,22). The maximum Gasteiger partial charge on any atom is 0.333 e. The van der Waals surface area contributed by atoms with Crippen molar-refractivity contribution in [3.05, 3.63) is 35.9 Å². The first-order valence-corrected chi connectivity index (χ1v) is 7.95. The van der Waals surface area contributed by atoms with Gasteiger partial charge < -0.3 is 10.1 Å². The molecule has 0 aliphatic carbocycles. The van der Waals surface area contributed by atoms with Crippen molar-refractivity contribution in [3.8, 4) is 0 Å². The molecule has 7 heteroatoms. The number of ether oxygens (including phenoxy) is 1. The van der Waals surface area contributed by atoms with E-state index in [0.717, 1.165) is 0 Å². The highest BCUT2D eigenvalue weighted by atomic mass is 19.3. The Morgan fingerprint density at radius 3 is 2.42 bits per heavy atom. The molecule has 1 saturated heterocycles. The van der Waals surface area contributed by atoms with Gasteiger partial charge >= 0.3 is 5.97 Å². The lowest BCUT2D eigenvalue weighted by molar-refractivity contribution is -0.146. The fraction of sp³-hybridized carbons (Fsp3) is 0.529. The molecule has 0 spiro atoms. The highest BCUT2D eigenvalue weighted by molar-refractivity contribution is 5.86. The number of alkyl halides is 2. The second kappa shape index (κ2) is 8.73. The van der Waals surface area contributed by atoms with Crippen molar-refractivity contribution in [1.29, 1.82) is 0 Å². The lowest BCUT2D eigenvalue weighted by Crippen LogP contribution is -2.44. The first-order chi connectivity index (χ1) is 11.5. The summed E-state index contributed by atoms with van der Waals surface area (Å²) in [5.74, 6) is -1.06. The average Bonchev–Trinajstić information content (AvgIpc) is 2.59. The zero-order valence-electron chi connectivity index (χ0n) is 13.6. The Bertz CT molecular complexity index is 546. The predicted octanol–water partition coefficient (Wildman–Crippen LogP) is 1.99. The number of likely N-dealkylation sites (tertiary alicyclic amines) is 1. The van der Waals surface area contributed by atoms with Gasteiger partial charge in [-0.3, -0.25) is 9.69 Å². The van der Waals surface area contributed by atoms with Crippen molar-refractivity contribution in [3.63, 3.8) is 0 Å². The minimum absolute atomic E-state index is 0.244. The summed E-state index contributed by atoms with van der Waals surface area (Å²) in [4.78, 5) is 26.1. The first kappa shape index (κ1) is 18.3. The van der Waals surface area contributed by atoms with Gasteiger partial charge in [-0.25, -0.2) is 13.6 Å². The van der Waals surface area contributed by atoms with Gasteiger partial charge in [0.05, 0.1) is 13.7 Å². The number of nitrogens with one attached hydrogen (secondary N) is 1. The van der Waals surface area contributed by atoms with E-state index in [0.29, 0.717) is 31.5 Å². The number of carbonyl (C=O) groups is 2. The van der Waals surface area contributed by atoms with Gasteiger partial charge in [-0.2, -0.15) is 0 Å². The van der Waals surface area contributed by atoms with E-state index in [-0.39, 0.29) is 18.4 Å². The van der Waals surface area contributed by atoms with Crippen molar-refractivity contribution in [1.82, 2.24) is 10.2 Å². The molecule has 5 nitrogen and oxygen atoms in total. The Kier molecular flexibility index (Phi) is 6.66. The second-order valence-corrected chi connectivity index (χ2v) is 5.84. The lowest BCUT2D eigenvalue weighted by atomic mass is 9.95. The lowest BCUT2D eigenvalue weighted by Gasteiger charge is -2.31. The van der Waals surface area contributed by atoms with Crippen LogP contribution in [0.1, 0.15) is 24.4 Å². The topological polar surface area (TPSA) is 58.6 Å². The Morgan fingerprint density at radius 2 is 1.88 bits per heavy atom. The van der Waals surface area contributed by atoms with E-state index in [4.69, 9.17) is 4.74 Å². The Balaban J connectivity index is 1.95. The van der Waals surface area contributed by atoms with Gasteiger partial charge in [0.2, 0.25) is 5.91 Å². The molecule has 24 heavy (non-hydrogen) atoms. The number of hydrogen-bond acceptors (Lipinski definition) is 4. The van der Waals surface area contributed by atoms with Crippen LogP contribution in [-0.2, 0) is 14.3 Å². The molecule has 0 radical (unpaired) electrons. The number of carbonyl (C=O) groups excluding carboxylic acids is 2. The van der Waals surface area contributed by atoms with Gasteiger partial charge in [0, 0.05) is 5.92 Å². The zero-order valence-corrected chi connectivity index (χ0v) is 13.6. The van der Waals surface area contributed by atoms with E-state index in [1.165, 1.54) is 7.11 Å². The van der Waals surface area contributed by atoms with E-state index in [1.807, 2.05) is 6.07 Å². The number of esters is 1. The number of nitrogens with zero attached hydrogens (tertiary/aromatic N) is 1. The molecular formula is C17H22F2N2O3. The minimum Gasteiger partial charge on any atom is -0.467 e. The van der Waals surface area contributed by atoms with Crippen molar-refractivity contribution in [2.75, 3.05) is 26.7 Å². The normalized spacial score (nSPS) is 17.5. The highest BCUT2D eigenvalue weighted by Gasteiger charge is 2.30. The molecule has 0 bridgehead atoms. The molecule has 1 N–H and O–H groups in total. The third-order valence-electron chi connectivity index (χ3n) is 4.21. The summed E-state index contributed by atoms with van der Waals surface area (Å²) < 4.78 is 29.6. The van der Waals surface area contributed by atoms with Gasteiger partial charge in [0.15, 0.2) is 6.04 Å². The molecule has 0 aromatic heterocycles. The molecule has 1 aliphatic heterocycles. The summed E-state index contributed by atoms with van der Waals surface area (Å²) in [5.41, 5.74) is 0.646. The number of halogens is 2. The summed E-state index contributed by atoms with van der Waals surface area (Å²) in [6, 6.07) is 8.00. The van der Waals surface area contributed by atoms with Gasteiger partial charge in [0.25, 0.3) is 6.43 Å². The molecule has 1 fully saturated rings. The van der Waals surface area contributed by atoms with Crippen molar-refractivity contribution in [2.45, 2.75) is 25.3 Å². The summed E-state index contributed by atoms with van der Waals surface area (Å²) in [5, 5.41) is 2.73. The highest BCUT2D eigenvalue weighted by Crippen LogP contribution is 2.21. The fourth-order valence-corrected chi connectivity index (χ4v) is 2.87. The van der Waals surface area contributed by atoms with Gasteiger partial charge in [0.1, 0.15) is 0 Å². The van der Waals surface area contributed by atoms with E-state index in [1.54, 1.807) is 29.2 Å². The molecule has 1 amide bonds. The molecule has 1 aromatic rings. The van der Waals surface area contributed by atoms with Crippen LogP contribution < -0.4 is 5.32 Å². The number of amides is 1. The fourth-order valence-electron chi connectivity index (χ4n) is 2.87. The Hall–Kier alpha value is -2.02. The van der Waals surface area contributed by atoms with Crippen LogP contribution >= 0.6 is 0 Å². The van der Waals surface area contributed by atoms with Crippen LogP contribution in [0.5, 0.6) is 0 Å². The first-order valence-electron chi connectivity index (χ1n) is 7.95. The summed E-state index contributed by atoms with van der Waals surface area (Å²) >= 11 is 0. The van der Waals surface area contributed by atoms with Crippen molar-refractivity contribution < 1.29 is 23.1 Å². The molecule has 1 unspecified atom stereocenters. The minimum atomic E-state index is -2.36. The monoisotopic (exact) mass is 340 g/mol. The molecule has 1 atom stereocenters. The number of rotatable bonds is 6. The van der Waals surface area contributed by atoms with E-state index < -0.39 is 18.4 Å². The summed E-state index contributed by atoms with van der Waals surface area (Å²) in [6.07, 6.45) is -1.36. The quantitative estimate of drug-likeness (QED) is 0.805. The van der Waals surface area contributed by atoms with Crippen LogP contribution in [0.2, 0.25) is 0 Å². The van der Waals surface area contributed by atoms with Crippen molar-refractivity contribution >= 4 is 11.9 Å². The largest absolute Gasteiger partial charge is 0.467 e. The molecular weight excluding hydrogens is 318 g/mol.